The number of aryl methyl sites for hydroxylation is 1. The van der Waals surface area contributed by atoms with Crippen molar-refractivity contribution < 1.29 is 9.32 Å². The van der Waals surface area contributed by atoms with Gasteiger partial charge < -0.3 is 15.2 Å². The van der Waals surface area contributed by atoms with Crippen molar-refractivity contribution in [2.24, 2.45) is 5.73 Å². The summed E-state index contributed by atoms with van der Waals surface area (Å²) in [6, 6.07) is 1.93. The second kappa shape index (κ2) is 7.70. The number of carbonyl (C=O) groups excluding carboxylic acids is 1. The maximum absolute atomic E-state index is 13.3. The number of amides is 1. The summed E-state index contributed by atoms with van der Waals surface area (Å²) in [7, 11) is 0. The first-order valence-corrected chi connectivity index (χ1v) is 8.73. The van der Waals surface area contributed by atoms with Gasteiger partial charge in [-0.2, -0.15) is 0 Å². The minimum absolute atomic E-state index is 0. The fourth-order valence-electron chi connectivity index (χ4n) is 3.49. The van der Waals surface area contributed by atoms with Gasteiger partial charge in [0.2, 0.25) is 0 Å². The molecule has 1 saturated heterocycles. The third-order valence-electron chi connectivity index (χ3n) is 4.88. The maximum Gasteiger partial charge on any atom is 0.259 e. The molecular formula is C18H27ClN4O2. The first-order valence-electron chi connectivity index (χ1n) is 8.73. The number of aromatic nitrogens is 2. The molecule has 2 N–H and O–H groups in total. The van der Waals surface area contributed by atoms with Gasteiger partial charge in [0, 0.05) is 24.3 Å². The van der Waals surface area contributed by atoms with Crippen molar-refractivity contribution in [1.29, 1.82) is 0 Å². The fourth-order valence-corrected chi connectivity index (χ4v) is 3.49. The van der Waals surface area contributed by atoms with E-state index in [0.29, 0.717) is 17.0 Å². The van der Waals surface area contributed by atoms with Crippen molar-refractivity contribution >= 4 is 29.4 Å². The average molecular weight is 367 g/mol. The Morgan fingerprint density at radius 2 is 2.08 bits per heavy atom. The quantitative estimate of drug-likeness (QED) is 0.899. The third-order valence-corrected chi connectivity index (χ3v) is 4.88. The molecule has 0 spiro atoms. The zero-order valence-corrected chi connectivity index (χ0v) is 16.1. The number of hydrogen-bond acceptors (Lipinski definition) is 5. The minimum atomic E-state index is -0.0419. The van der Waals surface area contributed by atoms with Crippen LogP contribution in [0.3, 0.4) is 0 Å². The van der Waals surface area contributed by atoms with Gasteiger partial charge in [0.1, 0.15) is 0 Å². The van der Waals surface area contributed by atoms with Gasteiger partial charge in [-0.05, 0) is 45.1 Å². The van der Waals surface area contributed by atoms with Crippen LogP contribution in [-0.2, 0) is 0 Å². The summed E-state index contributed by atoms with van der Waals surface area (Å²) in [5, 5.41) is 4.73. The molecule has 0 aromatic carbocycles. The number of pyridine rings is 1. The number of fused-ring (bicyclic) bond motifs is 1. The molecule has 2 atom stereocenters. The Kier molecular flexibility index (Phi) is 6.06. The Morgan fingerprint density at radius 3 is 2.72 bits per heavy atom. The van der Waals surface area contributed by atoms with Gasteiger partial charge in [0.15, 0.2) is 0 Å². The Labute approximate surface area is 154 Å². The lowest BCUT2D eigenvalue weighted by Crippen LogP contribution is -2.51. The standard InChI is InChI=1S/C18H26N4O2.ClH/c1-10(2)14-9-13(16-12(4)21-24-17(16)20-14)18(23)22-8-6-5-7-15(22)11(3)19;/h9-11,15H,5-8,19H2,1-4H3;1H. The Morgan fingerprint density at radius 1 is 1.36 bits per heavy atom. The lowest BCUT2D eigenvalue weighted by atomic mass is 9.95. The molecule has 25 heavy (non-hydrogen) atoms. The van der Waals surface area contributed by atoms with E-state index in [0.717, 1.165) is 36.9 Å². The molecule has 2 aromatic heterocycles. The van der Waals surface area contributed by atoms with Crippen LogP contribution in [0.25, 0.3) is 11.1 Å². The van der Waals surface area contributed by atoms with Crippen LogP contribution < -0.4 is 5.73 Å². The number of nitrogens with zero attached hydrogens (tertiary/aromatic N) is 3. The van der Waals surface area contributed by atoms with Gasteiger partial charge in [0.25, 0.3) is 11.6 Å². The van der Waals surface area contributed by atoms with E-state index in [1.165, 1.54) is 0 Å². The van der Waals surface area contributed by atoms with Crippen LogP contribution in [0.5, 0.6) is 0 Å². The fraction of sp³-hybridized carbons (Fsp3) is 0.611. The third kappa shape index (κ3) is 3.65. The van der Waals surface area contributed by atoms with Crippen molar-refractivity contribution in [3.8, 4) is 0 Å². The molecule has 7 heteroatoms. The molecule has 1 fully saturated rings. The summed E-state index contributed by atoms with van der Waals surface area (Å²) in [6.07, 6.45) is 3.09. The van der Waals surface area contributed by atoms with Gasteiger partial charge in [-0.15, -0.1) is 12.4 Å². The van der Waals surface area contributed by atoms with E-state index in [1.807, 2.05) is 24.8 Å². The van der Waals surface area contributed by atoms with Gasteiger partial charge in [-0.1, -0.05) is 19.0 Å². The van der Waals surface area contributed by atoms with Crippen LogP contribution in [0.4, 0.5) is 0 Å². The molecule has 6 nitrogen and oxygen atoms in total. The van der Waals surface area contributed by atoms with E-state index in [-0.39, 0.29) is 36.3 Å². The molecule has 1 amide bonds. The number of rotatable bonds is 3. The number of hydrogen-bond donors (Lipinski definition) is 1. The number of likely N-dealkylation sites (tertiary alicyclic amines) is 1. The van der Waals surface area contributed by atoms with E-state index in [1.54, 1.807) is 0 Å². The van der Waals surface area contributed by atoms with E-state index < -0.39 is 0 Å². The van der Waals surface area contributed by atoms with Crippen molar-refractivity contribution in [1.82, 2.24) is 15.0 Å². The second-order valence-corrected chi connectivity index (χ2v) is 7.12. The van der Waals surface area contributed by atoms with E-state index in [2.05, 4.69) is 24.0 Å². The lowest BCUT2D eigenvalue weighted by Gasteiger charge is -2.38. The normalized spacial score (nSPS) is 19.1. The van der Waals surface area contributed by atoms with Crippen LogP contribution in [0.1, 0.15) is 67.7 Å². The number of nitrogens with two attached hydrogens (primary N) is 1. The van der Waals surface area contributed by atoms with Gasteiger partial charge in [-0.3, -0.25) is 4.79 Å². The molecule has 2 unspecified atom stereocenters. The Balaban J connectivity index is 0.00000225. The highest BCUT2D eigenvalue weighted by atomic mass is 35.5. The number of halogens is 1. The first kappa shape index (κ1) is 19.7. The zero-order chi connectivity index (χ0) is 17.4. The number of piperidine rings is 1. The second-order valence-electron chi connectivity index (χ2n) is 7.12. The predicted octanol–water partition coefficient (Wildman–Crippen LogP) is 3.42. The topological polar surface area (TPSA) is 85.2 Å². The summed E-state index contributed by atoms with van der Waals surface area (Å²) >= 11 is 0. The van der Waals surface area contributed by atoms with Gasteiger partial charge >= 0.3 is 0 Å². The van der Waals surface area contributed by atoms with Crippen LogP contribution >= 0.6 is 12.4 Å². The highest BCUT2D eigenvalue weighted by Crippen LogP contribution is 2.28. The highest BCUT2D eigenvalue weighted by Gasteiger charge is 2.32. The predicted molar refractivity (Wildman–Crippen MR) is 100 cm³/mol. The minimum Gasteiger partial charge on any atom is -0.336 e. The summed E-state index contributed by atoms with van der Waals surface area (Å²) in [5.41, 5.74) is 8.76. The van der Waals surface area contributed by atoms with Crippen LogP contribution in [0, 0.1) is 6.92 Å². The smallest absolute Gasteiger partial charge is 0.259 e. The van der Waals surface area contributed by atoms with E-state index in [4.69, 9.17) is 10.3 Å². The number of carbonyl (C=O) groups is 1. The van der Waals surface area contributed by atoms with Crippen LogP contribution in [0.15, 0.2) is 10.6 Å². The molecule has 0 bridgehead atoms. The molecule has 3 rings (SSSR count). The summed E-state index contributed by atoms with van der Waals surface area (Å²) in [4.78, 5) is 19.8. The van der Waals surface area contributed by atoms with Crippen molar-refractivity contribution in [2.75, 3.05) is 6.54 Å². The molecule has 3 heterocycles. The van der Waals surface area contributed by atoms with Crippen LogP contribution in [-0.4, -0.2) is 39.6 Å². The van der Waals surface area contributed by atoms with Gasteiger partial charge in [-0.25, -0.2) is 4.98 Å². The molecule has 0 radical (unpaired) electrons. The summed E-state index contributed by atoms with van der Waals surface area (Å²) < 4.78 is 5.34. The average Bonchev–Trinajstić information content (AvgIpc) is 2.94. The molecule has 138 valence electrons. The molecule has 2 aromatic rings. The monoisotopic (exact) mass is 366 g/mol. The molecule has 0 aliphatic carbocycles. The molecule has 1 aliphatic heterocycles. The lowest BCUT2D eigenvalue weighted by molar-refractivity contribution is 0.0585. The first-order chi connectivity index (χ1) is 11.4. The summed E-state index contributed by atoms with van der Waals surface area (Å²) in [5.74, 6) is 0.217. The largest absolute Gasteiger partial charge is 0.336 e. The maximum atomic E-state index is 13.3. The van der Waals surface area contributed by atoms with E-state index >= 15 is 0 Å². The molecule has 0 saturated carbocycles. The highest BCUT2D eigenvalue weighted by molar-refractivity contribution is 6.06. The molecular weight excluding hydrogens is 340 g/mol. The van der Waals surface area contributed by atoms with Crippen molar-refractivity contribution in [3.63, 3.8) is 0 Å². The van der Waals surface area contributed by atoms with Crippen molar-refractivity contribution in [3.05, 3.63) is 23.0 Å². The van der Waals surface area contributed by atoms with Crippen molar-refractivity contribution in [2.45, 2.75) is 65.0 Å². The Hall–Kier alpha value is -1.66. The van der Waals surface area contributed by atoms with Crippen LogP contribution in [0.2, 0.25) is 0 Å². The molecule has 1 aliphatic rings. The summed E-state index contributed by atoms with van der Waals surface area (Å²) in [6.45, 7) is 8.67. The SMILES string of the molecule is Cc1noc2nc(C(C)C)cc(C(=O)N3CCCCC3C(C)N)c12.Cl. The van der Waals surface area contributed by atoms with Gasteiger partial charge in [0.05, 0.1) is 16.6 Å². The van der Waals surface area contributed by atoms with E-state index in [9.17, 15) is 4.79 Å². The zero-order valence-electron chi connectivity index (χ0n) is 15.3. The Bertz CT molecular complexity index is 757.